The highest BCUT2D eigenvalue weighted by molar-refractivity contribution is 6.29. The Morgan fingerprint density at radius 3 is 2.53 bits per heavy atom. The van der Waals surface area contributed by atoms with Crippen LogP contribution in [0.3, 0.4) is 0 Å². The second-order valence-electron chi connectivity index (χ2n) is 7.08. The molecule has 1 aliphatic rings. The monoisotopic (exact) mass is 494 g/mol. The standard InChI is InChI=1S/C20H17ClN4O2.C2HF3O2/c21-11-19(26)24-14-3-1-2-12(8-14)17-9-13(4-6-22-17)18-10-15-16(25-18)5-7-23-20(15)27;3-2(4,5)1(6)7/h1-4,6,8-10,25H,5,7,11H2,(H,23,27)(H,24,26);(H,6,7). The van der Waals surface area contributed by atoms with E-state index in [9.17, 15) is 22.8 Å². The Morgan fingerprint density at radius 2 is 1.88 bits per heavy atom. The van der Waals surface area contributed by atoms with E-state index in [4.69, 9.17) is 21.5 Å². The fraction of sp³-hybridized carbons (Fsp3) is 0.182. The van der Waals surface area contributed by atoms with E-state index in [0.717, 1.165) is 34.6 Å². The predicted molar refractivity (Wildman–Crippen MR) is 119 cm³/mol. The minimum Gasteiger partial charge on any atom is -0.475 e. The molecule has 1 aliphatic heterocycles. The molecule has 4 rings (SSSR count). The first-order valence-electron chi connectivity index (χ1n) is 9.81. The number of hydrogen-bond donors (Lipinski definition) is 4. The van der Waals surface area contributed by atoms with Crippen molar-refractivity contribution in [1.82, 2.24) is 15.3 Å². The van der Waals surface area contributed by atoms with Crippen molar-refractivity contribution in [2.75, 3.05) is 17.7 Å². The molecule has 0 radical (unpaired) electrons. The number of carboxylic acid groups (broad SMARTS) is 1. The van der Waals surface area contributed by atoms with E-state index in [1.54, 1.807) is 12.3 Å². The summed E-state index contributed by atoms with van der Waals surface area (Å²) in [5.74, 6) is -3.16. The van der Waals surface area contributed by atoms with Gasteiger partial charge < -0.3 is 20.7 Å². The Kier molecular flexibility index (Phi) is 7.57. The Bertz CT molecular complexity index is 1230. The van der Waals surface area contributed by atoms with Crippen molar-refractivity contribution in [1.29, 1.82) is 0 Å². The highest BCUT2D eigenvalue weighted by Gasteiger charge is 2.38. The van der Waals surface area contributed by atoms with Crippen LogP contribution in [-0.4, -0.2) is 51.5 Å². The van der Waals surface area contributed by atoms with Gasteiger partial charge in [-0.05, 0) is 30.3 Å². The molecule has 0 atom stereocenters. The van der Waals surface area contributed by atoms with Gasteiger partial charge in [0.1, 0.15) is 5.88 Å². The van der Waals surface area contributed by atoms with Crippen LogP contribution in [0.4, 0.5) is 18.9 Å². The number of aromatic nitrogens is 2. The van der Waals surface area contributed by atoms with Gasteiger partial charge in [0.2, 0.25) is 5.91 Å². The van der Waals surface area contributed by atoms with E-state index in [2.05, 4.69) is 20.6 Å². The van der Waals surface area contributed by atoms with Crippen LogP contribution >= 0.6 is 11.6 Å². The lowest BCUT2D eigenvalue weighted by Gasteiger charge is -2.11. The molecule has 0 bridgehead atoms. The minimum atomic E-state index is -5.08. The van der Waals surface area contributed by atoms with Crippen LogP contribution in [0.1, 0.15) is 16.1 Å². The fourth-order valence-electron chi connectivity index (χ4n) is 3.16. The third-order valence-electron chi connectivity index (χ3n) is 4.68. The van der Waals surface area contributed by atoms with Crippen LogP contribution in [0.2, 0.25) is 0 Å². The second-order valence-corrected chi connectivity index (χ2v) is 7.34. The summed E-state index contributed by atoms with van der Waals surface area (Å²) >= 11 is 5.54. The lowest BCUT2D eigenvalue weighted by molar-refractivity contribution is -0.192. The van der Waals surface area contributed by atoms with Gasteiger partial charge in [0, 0.05) is 47.4 Å². The van der Waals surface area contributed by atoms with Crippen LogP contribution in [0, 0.1) is 0 Å². The summed E-state index contributed by atoms with van der Waals surface area (Å²) in [5, 5.41) is 12.7. The maximum atomic E-state index is 12.0. The first-order chi connectivity index (χ1) is 16.1. The molecular weight excluding hydrogens is 477 g/mol. The summed E-state index contributed by atoms with van der Waals surface area (Å²) in [6.07, 6.45) is -2.56. The number of H-pyrrole nitrogens is 1. The smallest absolute Gasteiger partial charge is 0.475 e. The average Bonchev–Trinajstić information content (AvgIpc) is 3.25. The van der Waals surface area contributed by atoms with Crippen molar-refractivity contribution < 1.29 is 32.7 Å². The van der Waals surface area contributed by atoms with Gasteiger partial charge in [-0.1, -0.05) is 12.1 Å². The molecule has 34 heavy (non-hydrogen) atoms. The van der Waals surface area contributed by atoms with E-state index in [1.807, 2.05) is 36.4 Å². The summed E-state index contributed by atoms with van der Waals surface area (Å²) in [6.45, 7) is 0.647. The number of amides is 2. The summed E-state index contributed by atoms with van der Waals surface area (Å²) < 4.78 is 31.7. The molecule has 8 nitrogen and oxygen atoms in total. The molecule has 2 aromatic heterocycles. The Morgan fingerprint density at radius 1 is 1.15 bits per heavy atom. The fourth-order valence-corrected chi connectivity index (χ4v) is 3.22. The lowest BCUT2D eigenvalue weighted by atomic mass is 10.1. The molecule has 12 heteroatoms. The molecule has 4 N–H and O–H groups in total. The molecule has 0 unspecified atom stereocenters. The molecule has 178 valence electrons. The maximum absolute atomic E-state index is 12.0. The molecule has 1 aromatic carbocycles. The van der Waals surface area contributed by atoms with Gasteiger partial charge >= 0.3 is 12.1 Å². The highest BCUT2D eigenvalue weighted by atomic mass is 35.5. The summed E-state index contributed by atoms with van der Waals surface area (Å²) in [7, 11) is 0. The van der Waals surface area contributed by atoms with Crippen molar-refractivity contribution in [3.63, 3.8) is 0 Å². The Balaban J connectivity index is 0.000000406. The number of halogens is 4. The van der Waals surface area contributed by atoms with Crippen molar-refractivity contribution in [2.45, 2.75) is 12.6 Å². The molecule has 0 saturated heterocycles. The number of benzene rings is 1. The first kappa shape index (κ1) is 24.8. The lowest BCUT2D eigenvalue weighted by Crippen LogP contribution is -2.31. The predicted octanol–water partition coefficient (Wildman–Crippen LogP) is 3.84. The first-order valence-corrected chi connectivity index (χ1v) is 10.3. The molecule has 0 fully saturated rings. The van der Waals surface area contributed by atoms with Crippen LogP contribution in [0.15, 0.2) is 48.7 Å². The van der Waals surface area contributed by atoms with Crippen molar-refractivity contribution in [3.05, 3.63) is 59.9 Å². The largest absolute Gasteiger partial charge is 0.490 e. The zero-order valence-electron chi connectivity index (χ0n) is 17.4. The number of aromatic amines is 1. The number of carboxylic acids is 1. The SMILES string of the molecule is O=C(CCl)Nc1cccc(-c2cc(-c3cc4c([nH]3)CCNC4=O)ccn2)c1.O=C(O)C(F)(F)F. The minimum absolute atomic E-state index is 0.0456. The zero-order chi connectivity index (χ0) is 24.9. The maximum Gasteiger partial charge on any atom is 0.490 e. The third kappa shape index (κ3) is 6.13. The van der Waals surface area contributed by atoms with Gasteiger partial charge in [0.25, 0.3) is 5.91 Å². The van der Waals surface area contributed by atoms with Gasteiger partial charge in [-0.3, -0.25) is 14.6 Å². The number of hydrogen-bond acceptors (Lipinski definition) is 4. The van der Waals surface area contributed by atoms with Crippen LogP contribution in [0.25, 0.3) is 22.5 Å². The van der Waals surface area contributed by atoms with Crippen molar-refractivity contribution in [3.8, 4) is 22.5 Å². The second kappa shape index (κ2) is 10.4. The molecule has 2 amide bonds. The number of alkyl halides is 4. The summed E-state index contributed by atoms with van der Waals surface area (Å²) in [6, 6.07) is 13.2. The average molecular weight is 495 g/mol. The quantitative estimate of drug-likeness (QED) is 0.410. The van der Waals surface area contributed by atoms with E-state index >= 15 is 0 Å². The Labute approximate surface area is 196 Å². The number of anilines is 1. The number of pyridine rings is 1. The number of aliphatic carboxylic acids is 1. The molecule has 0 spiro atoms. The molecular formula is C22H18ClF3N4O4. The number of nitrogens with zero attached hydrogens (tertiary/aromatic N) is 1. The van der Waals surface area contributed by atoms with Crippen LogP contribution in [-0.2, 0) is 16.0 Å². The van der Waals surface area contributed by atoms with Gasteiger partial charge in [-0.15, -0.1) is 11.6 Å². The van der Waals surface area contributed by atoms with E-state index in [0.29, 0.717) is 17.8 Å². The Hall–Kier alpha value is -3.86. The number of fused-ring (bicyclic) bond motifs is 1. The summed E-state index contributed by atoms with van der Waals surface area (Å²) in [4.78, 5) is 40.2. The van der Waals surface area contributed by atoms with E-state index < -0.39 is 12.1 Å². The van der Waals surface area contributed by atoms with E-state index in [1.165, 1.54) is 0 Å². The van der Waals surface area contributed by atoms with Gasteiger partial charge in [-0.2, -0.15) is 13.2 Å². The van der Waals surface area contributed by atoms with Crippen molar-refractivity contribution >= 4 is 35.1 Å². The zero-order valence-corrected chi connectivity index (χ0v) is 18.1. The number of carbonyl (C=O) groups excluding carboxylic acids is 2. The van der Waals surface area contributed by atoms with Gasteiger partial charge in [0.05, 0.1) is 11.3 Å². The normalized spacial score (nSPS) is 12.6. The molecule has 3 aromatic rings. The van der Waals surface area contributed by atoms with Crippen LogP contribution < -0.4 is 10.6 Å². The van der Waals surface area contributed by atoms with E-state index in [-0.39, 0.29) is 17.7 Å². The van der Waals surface area contributed by atoms with Gasteiger partial charge in [0.15, 0.2) is 0 Å². The van der Waals surface area contributed by atoms with Crippen LogP contribution in [0.5, 0.6) is 0 Å². The number of nitrogens with one attached hydrogen (secondary N) is 3. The molecule has 3 heterocycles. The van der Waals surface area contributed by atoms with Crippen molar-refractivity contribution in [2.24, 2.45) is 0 Å². The molecule has 0 saturated carbocycles. The van der Waals surface area contributed by atoms with Gasteiger partial charge in [-0.25, -0.2) is 4.79 Å². The third-order valence-corrected chi connectivity index (χ3v) is 4.92. The number of rotatable bonds is 4. The topological polar surface area (TPSA) is 124 Å². The highest BCUT2D eigenvalue weighted by Crippen LogP contribution is 2.28. The number of carbonyl (C=O) groups is 3. The molecule has 0 aliphatic carbocycles. The summed E-state index contributed by atoms with van der Waals surface area (Å²) in [5.41, 5.74) is 5.78.